The Labute approximate surface area is 236 Å². The summed E-state index contributed by atoms with van der Waals surface area (Å²) in [4.78, 5) is 43.0. The summed E-state index contributed by atoms with van der Waals surface area (Å²) in [6.07, 6.45) is 2.03. The number of benzene rings is 2. The molecule has 1 aromatic heterocycles. The second-order valence-corrected chi connectivity index (χ2v) is 9.61. The lowest BCUT2D eigenvalue weighted by molar-refractivity contribution is -0.133. The molecule has 0 radical (unpaired) electrons. The molecule has 1 heterocycles. The van der Waals surface area contributed by atoms with Gasteiger partial charge in [-0.2, -0.15) is 0 Å². The molecule has 40 heavy (non-hydrogen) atoms. The van der Waals surface area contributed by atoms with Crippen molar-refractivity contribution in [3.63, 3.8) is 0 Å². The normalized spacial score (nSPS) is 12.4. The first kappa shape index (κ1) is 30.7. The molecule has 3 rings (SSSR count). The third-order valence-corrected chi connectivity index (χ3v) is 6.82. The predicted molar refractivity (Wildman–Crippen MR) is 150 cm³/mol. The van der Waals surface area contributed by atoms with Gasteiger partial charge in [0.25, 0.3) is 0 Å². The summed E-state index contributed by atoms with van der Waals surface area (Å²) in [6.45, 7) is -0.348. The summed E-state index contributed by atoms with van der Waals surface area (Å²) < 4.78 is 19.2. The fourth-order valence-electron chi connectivity index (χ4n) is 3.98. The number of nitrogens with zero attached hydrogens (tertiary/aromatic N) is 2. The Kier molecular flexibility index (Phi) is 11.6. The van der Waals surface area contributed by atoms with Crippen LogP contribution < -0.4 is 16.4 Å². The number of halogens is 2. The number of aryl methyl sites for hydroxylation is 1. The highest BCUT2D eigenvalue weighted by Gasteiger charge is 2.22. The maximum atomic E-state index is 13.8. The minimum absolute atomic E-state index is 0.0198. The fourth-order valence-corrected chi connectivity index (χ4v) is 4.20. The lowest BCUT2D eigenvalue weighted by Gasteiger charge is -2.28. The molecule has 10 nitrogen and oxygen atoms in total. The van der Waals surface area contributed by atoms with Crippen LogP contribution in [0.3, 0.4) is 0 Å². The van der Waals surface area contributed by atoms with Crippen LogP contribution in [0.25, 0.3) is 10.8 Å². The molecule has 0 unspecified atom stereocenters. The highest BCUT2D eigenvalue weighted by molar-refractivity contribution is 6.31. The molecule has 2 aromatic carbocycles. The van der Waals surface area contributed by atoms with Crippen molar-refractivity contribution in [1.29, 1.82) is 0 Å². The van der Waals surface area contributed by atoms with Crippen molar-refractivity contribution in [2.45, 2.75) is 37.8 Å². The Balaban J connectivity index is 1.59. The highest BCUT2D eigenvalue weighted by atomic mass is 35.5. The van der Waals surface area contributed by atoms with Gasteiger partial charge >= 0.3 is 6.09 Å². The molecular weight excluding hydrogens is 541 g/mol. The zero-order chi connectivity index (χ0) is 29.1. The van der Waals surface area contributed by atoms with Crippen molar-refractivity contribution in [1.82, 2.24) is 15.2 Å². The summed E-state index contributed by atoms with van der Waals surface area (Å²) in [7, 11) is 1.59. The fraction of sp³-hybridized carbons (Fsp3) is 0.357. The lowest BCUT2D eigenvalue weighted by Crippen LogP contribution is -2.44. The smallest absolute Gasteiger partial charge is 0.412 e. The van der Waals surface area contributed by atoms with E-state index in [9.17, 15) is 18.8 Å². The number of hydrogen-bond donors (Lipinski definition) is 4. The molecule has 0 aliphatic rings. The van der Waals surface area contributed by atoms with Gasteiger partial charge in [0.15, 0.2) is 0 Å². The molecule has 2 atom stereocenters. The molecular formula is C28H33ClFN5O5. The SMILES string of the molecule is CN(C(=O)CCc1cccc(F)c1Cl)[C@@H](CCCNC(=O)[C@@H](N)CO)COC(=O)Nc1cc2ccccc2cn1. The number of amides is 3. The van der Waals surface area contributed by atoms with Gasteiger partial charge in [0.05, 0.1) is 17.7 Å². The van der Waals surface area contributed by atoms with Gasteiger partial charge in [-0.1, -0.05) is 48.0 Å². The van der Waals surface area contributed by atoms with E-state index in [4.69, 9.17) is 27.2 Å². The van der Waals surface area contributed by atoms with Gasteiger partial charge in [0.2, 0.25) is 11.8 Å². The molecule has 3 amide bonds. The molecule has 0 saturated heterocycles. The van der Waals surface area contributed by atoms with Crippen molar-refractivity contribution in [3.8, 4) is 0 Å². The molecule has 3 aromatic rings. The Morgan fingerprint density at radius 2 is 1.93 bits per heavy atom. The molecule has 0 bridgehead atoms. The number of hydrogen-bond acceptors (Lipinski definition) is 7. The van der Waals surface area contributed by atoms with Crippen molar-refractivity contribution in [2.24, 2.45) is 5.73 Å². The molecule has 12 heteroatoms. The molecule has 0 fully saturated rings. The van der Waals surface area contributed by atoms with Crippen molar-refractivity contribution in [3.05, 3.63) is 71.1 Å². The minimum atomic E-state index is -1.02. The maximum absolute atomic E-state index is 13.8. The van der Waals surface area contributed by atoms with E-state index in [1.165, 1.54) is 17.0 Å². The van der Waals surface area contributed by atoms with Gasteiger partial charge in [-0.25, -0.2) is 14.2 Å². The summed E-state index contributed by atoms with van der Waals surface area (Å²) in [5.74, 6) is -0.980. The van der Waals surface area contributed by atoms with Crippen LogP contribution in [0, 0.1) is 5.82 Å². The average molecular weight is 574 g/mol. The zero-order valence-corrected chi connectivity index (χ0v) is 22.9. The summed E-state index contributed by atoms with van der Waals surface area (Å²) in [6, 6.07) is 12.2. The minimum Gasteiger partial charge on any atom is -0.447 e. The van der Waals surface area contributed by atoms with Crippen LogP contribution in [-0.4, -0.2) is 71.8 Å². The Hall–Kier alpha value is -3.80. The summed E-state index contributed by atoms with van der Waals surface area (Å²) in [5.41, 5.74) is 6.02. The number of carbonyl (C=O) groups is 3. The second-order valence-electron chi connectivity index (χ2n) is 9.23. The predicted octanol–water partition coefficient (Wildman–Crippen LogP) is 3.25. The van der Waals surface area contributed by atoms with Crippen LogP contribution in [0.5, 0.6) is 0 Å². The van der Waals surface area contributed by atoms with Gasteiger partial charge < -0.3 is 25.8 Å². The highest BCUT2D eigenvalue weighted by Crippen LogP contribution is 2.22. The van der Waals surface area contributed by atoms with Gasteiger partial charge in [-0.05, 0) is 42.3 Å². The van der Waals surface area contributed by atoms with E-state index < -0.39 is 36.5 Å². The van der Waals surface area contributed by atoms with E-state index in [2.05, 4.69) is 15.6 Å². The number of carbonyl (C=O) groups excluding carboxylic acids is 3. The van der Waals surface area contributed by atoms with E-state index >= 15 is 0 Å². The standard InChI is InChI=1S/C28H33ClFN5O5/c1-35(25(37)12-11-18-8-4-10-22(30)26(18)29)21(9-5-13-32-27(38)23(31)16-36)17-40-28(39)34-24-14-19-6-2-3-7-20(19)15-33-24/h2-4,6-8,10,14-15,21,23,36H,5,9,11-13,16-17,31H2,1H3,(H,32,38)(H,33,34,39)/t21-,23-/m0/s1. The van der Waals surface area contributed by atoms with Gasteiger partial charge in [0, 0.05) is 31.6 Å². The molecule has 5 N–H and O–H groups in total. The molecule has 0 aliphatic heterocycles. The number of fused-ring (bicyclic) bond motifs is 1. The van der Waals surface area contributed by atoms with Crippen LogP contribution in [0.15, 0.2) is 54.7 Å². The number of nitrogens with two attached hydrogens (primary N) is 1. The van der Waals surface area contributed by atoms with Crippen LogP contribution in [0.2, 0.25) is 5.02 Å². The molecule has 0 saturated carbocycles. The number of aliphatic hydroxyl groups is 1. The summed E-state index contributed by atoms with van der Waals surface area (Å²) >= 11 is 6.02. The van der Waals surface area contributed by atoms with Gasteiger partial charge in [0.1, 0.15) is 24.3 Å². The first-order valence-corrected chi connectivity index (χ1v) is 13.2. The number of ether oxygens (including phenoxy) is 1. The number of aromatic nitrogens is 1. The number of rotatable bonds is 13. The monoisotopic (exact) mass is 573 g/mol. The van der Waals surface area contributed by atoms with Crippen LogP contribution >= 0.6 is 11.6 Å². The zero-order valence-electron chi connectivity index (χ0n) is 22.1. The van der Waals surface area contributed by atoms with Gasteiger partial charge in [-0.3, -0.25) is 14.9 Å². The Morgan fingerprint density at radius 1 is 1.18 bits per heavy atom. The number of aliphatic hydroxyl groups excluding tert-OH is 1. The number of likely N-dealkylation sites (N-methyl/N-ethyl adjacent to an activating group) is 1. The third kappa shape index (κ3) is 8.87. The van der Waals surface area contributed by atoms with E-state index in [0.717, 1.165) is 10.8 Å². The molecule has 214 valence electrons. The quantitative estimate of drug-likeness (QED) is 0.229. The first-order valence-electron chi connectivity index (χ1n) is 12.8. The van der Waals surface area contributed by atoms with E-state index in [1.54, 1.807) is 25.4 Å². The maximum Gasteiger partial charge on any atom is 0.412 e. The number of nitrogens with one attached hydrogen (secondary N) is 2. The molecule has 0 spiro atoms. The van der Waals surface area contributed by atoms with Crippen molar-refractivity contribution in [2.75, 3.05) is 32.1 Å². The third-order valence-electron chi connectivity index (χ3n) is 6.40. The average Bonchev–Trinajstić information content (AvgIpc) is 2.96. The van der Waals surface area contributed by atoms with Crippen molar-refractivity contribution >= 4 is 46.1 Å². The molecule has 0 aliphatic carbocycles. The van der Waals surface area contributed by atoms with Crippen LogP contribution in [0.4, 0.5) is 15.0 Å². The van der Waals surface area contributed by atoms with Crippen LogP contribution in [-0.2, 0) is 20.7 Å². The van der Waals surface area contributed by atoms with E-state index in [-0.39, 0.29) is 36.9 Å². The Morgan fingerprint density at radius 3 is 2.67 bits per heavy atom. The largest absolute Gasteiger partial charge is 0.447 e. The Bertz CT molecular complexity index is 1330. The first-order chi connectivity index (χ1) is 19.2. The van der Waals surface area contributed by atoms with Crippen LogP contribution in [0.1, 0.15) is 24.8 Å². The summed E-state index contributed by atoms with van der Waals surface area (Å²) in [5, 5.41) is 16.0. The van der Waals surface area contributed by atoms with Gasteiger partial charge in [-0.15, -0.1) is 0 Å². The second kappa shape index (κ2) is 15.1. The lowest BCUT2D eigenvalue weighted by atomic mass is 10.1. The topological polar surface area (TPSA) is 147 Å². The number of pyridine rings is 1. The van der Waals surface area contributed by atoms with E-state index in [1.807, 2.05) is 24.3 Å². The van der Waals surface area contributed by atoms with Crippen molar-refractivity contribution < 1.29 is 28.6 Å². The van der Waals surface area contributed by atoms with E-state index in [0.29, 0.717) is 24.2 Å². The number of anilines is 1.